The van der Waals surface area contributed by atoms with Crippen LogP contribution in [-0.2, 0) is 14.1 Å². The zero-order valence-corrected chi connectivity index (χ0v) is 12.3. The molecule has 0 spiro atoms. The first kappa shape index (κ1) is 12.8. The lowest BCUT2D eigenvalue weighted by atomic mass is 10.3. The van der Waals surface area contributed by atoms with E-state index in [1.54, 1.807) is 19.2 Å². The standard InChI is InChI=1S/C12H10BrN5O2/c1-17-10-8(11(19)18(2)12(17)20)15-9(16-10)6-4-3-5-7(13)14-6/h3-5H,1-2H3,(H,15,16). The maximum absolute atomic E-state index is 12.1. The maximum atomic E-state index is 12.1. The Morgan fingerprint density at radius 1 is 1.15 bits per heavy atom. The Balaban J connectivity index is 2.37. The molecular formula is C12H10BrN5O2. The summed E-state index contributed by atoms with van der Waals surface area (Å²) in [4.78, 5) is 35.4. The molecule has 0 atom stereocenters. The lowest BCUT2D eigenvalue weighted by Crippen LogP contribution is -2.36. The third-order valence-corrected chi connectivity index (χ3v) is 3.49. The molecule has 0 aliphatic heterocycles. The van der Waals surface area contributed by atoms with Crippen LogP contribution in [0.5, 0.6) is 0 Å². The molecule has 3 aromatic rings. The van der Waals surface area contributed by atoms with E-state index in [4.69, 9.17) is 0 Å². The van der Waals surface area contributed by atoms with Gasteiger partial charge < -0.3 is 4.98 Å². The molecule has 0 unspecified atom stereocenters. The van der Waals surface area contributed by atoms with Crippen molar-refractivity contribution in [2.24, 2.45) is 14.1 Å². The van der Waals surface area contributed by atoms with E-state index < -0.39 is 11.2 Å². The molecule has 20 heavy (non-hydrogen) atoms. The summed E-state index contributed by atoms with van der Waals surface area (Å²) >= 11 is 3.28. The molecule has 0 aliphatic carbocycles. The minimum atomic E-state index is -0.414. The van der Waals surface area contributed by atoms with Gasteiger partial charge in [0.25, 0.3) is 5.56 Å². The van der Waals surface area contributed by atoms with Crippen LogP contribution in [0.2, 0.25) is 0 Å². The molecule has 0 radical (unpaired) electrons. The van der Waals surface area contributed by atoms with Gasteiger partial charge in [-0.1, -0.05) is 6.07 Å². The Morgan fingerprint density at radius 3 is 2.60 bits per heavy atom. The van der Waals surface area contributed by atoms with Gasteiger partial charge in [-0.3, -0.25) is 13.9 Å². The van der Waals surface area contributed by atoms with E-state index in [1.807, 2.05) is 6.07 Å². The monoisotopic (exact) mass is 335 g/mol. The van der Waals surface area contributed by atoms with Gasteiger partial charge in [-0.25, -0.2) is 14.8 Å². The highest BCUT2D eigenvalue weighted by Crippen LogP contribution is 2.17. The van der Waals surface area contributed by atoms with Crippen LogP contribution in [0.1, 0.15) is 0 Å². The second kappa shape index (κ2) is 4.41. The van der Waals surface area contributed by atoms with Crippen molar-refractivity contribution in [3.05, 3.63) is 43.6 Å². The van der Waals surface area contributed by atoms with Crippen molar-refractivity contribution in [3.63, 3.8) is 0 Å². The van der Waals surface area contributed by atoms with E-state index >= 15 is 0 Å². The fourth-order valence-electron chi connectivity index (χ4n) is 1.99. The first-order valence-corrected chi connectivity index (χ1v) is 6.57. The van der Waals surface area contributed by atoms with Crippen LogP contribution >= 0.6 is 15.9 Å². The van der Waals surface area contributed by atoms with Crippen LogP contribution in [0.4, 0.5) is 0 Å². The third kappa shape index (κ3) is 1.80. The summed E-state index contributed by atoms with van der Waals surface area (Å²) in [6.07, 6.45) is 0. The van der Waals surface area contributed by atoms with Crippen LogP contribution in [0.15, 0.2) is 32.4 Å². The van der Waals surface area contributed by atoms with E-state index in [2.05, 4.69) is 30.9 Å². The number of H-pyrrole nitrogens is 1. The summed E-state index contributed by atoms with van der Waals surface area (Å²) in [7, 11) is 3.01. The summed E-state index contributed by atoms with van der Waals surface area (Å²) in [5.74, 6) is 0.444. The Kier molecular flexibility index (Phi) is 2.82. The van der Waals surface area contributed by atoms with Gasteiger partial charge in [-0.2, -0.15) is 0 Å². The number of hydrogen-bond donors (Lipinski definition) is 1. The fraction of sp³-hybridized carbons (Fsp3) is 0.167. The molecule has 0 fully saturated rings. The van der Waals surface area contributed by atoms with E-state index in [9.17, 15) is 9.59 Å². The SMILES string of the molecule is Cn1c(=O)c2[nH]c(-c3cccc(Br)n3)nc2n(C)c1=O. The number of rotatable bonds is 1. The molecule has 0 aliphatic rings. The molecule has 3 rings (SSSR count). The second-order valence-electron chi connectivity index (χ2n) is 4.34. The number of aryl methyl sites for hydroxylation is 1. The molecule has 0 aromatic carbocycles. The Bertz CT molecular complexity index is 937. The largest absolute Gasteiger partial charge is 0.332 e. The predicted molar refractivity (Wildman–Crippen MR) is 77.5 cm³/mol. The molecule has 0 saturated heterocycles. The molecular weight excluding hydrogens is 326 g/mol. The summed E-state index contributed by atoms with van der Waals surface area (Å²) in [6.45, 7) is 0. The van der Waals surface area contributed by atoms with Crippen molar-refractivity contribution in [3.8, 4) is 11.5 Å². The number of nitrogens with one attached hydrogen (secondary N) is 1. The van der Waals surface area contributed by atoms with Gasteiger partial charge in [0, 0.05) is 14.1 Å². The van der Waals surface area contributed by atoms with E-state index in [-0.39, 0.29) is 5.52 Å². The van der Waals surface area contributed by atoms with Crippen LogP contribution in [0.25, 0.3) is 22.7 Å². The Morgan fingerprint density at radius 2 is 1.90 bits per heavy atom. The zero-order valence-electron chi connectivity index (χ0n) is 10.7. The zero-order chi connectivity index (χ0) is 14.4. The van der Waals surface area contributed by atoms with Crippen molar-refractivity contribution in [1.29, 1.82) is 0 Å². The predicted octanol–water partition coefficient (Wildman–Crippen LogP) is 0.785. The highest BCUT2D eigenvalue weighted by Gasteiger charge is 2.14. The summed E-state index contributed by atoms with van der Waals surface area (Å²) < 4.78 is 3.03. The molecule has 0 saturated carbocycles. The van der Waals surface area contributed by atoms with Crippen molar-refractivity contribution in [1.82, 2.24) is 24.1 Å². The van der Waals surface area contributed by atoms with Crippen molar-refractivity contribution in [2.75, 3.05) is 0 Å². The maximum Gasteiger partial charge on any atom is 0.332 e. The molecule has 3 aromatic heterocycles. The first-order chi connectivity index (χ1) is 9.49. The van der Waals surface area contributed by atoms with Crippen molar-refractivity contribution >= 4 is 27.1 Å². The lowest BCUT2D eigenvalue weighted by Gasteiger charge is -2.00. The van der Waals surface area contributed by atoms with Crippen molar-refractivity contribution in [2.45, 2.75) is 0 Å². The molecule has 0 bridgehead atoms. The smallest absolute Gasteiger partial charge is 0.331 e. The quantitative estimate of drug-likeness (QED) is 0.666. The van der Waals surface area contributed by atoms with Crippen molar-refractivity contribution < 1.29 is 0 Å². The lowest BCUT2D eigenvalue weighted by molar-refractivity contribution is 0.709. The second-order valence-corrected chi connectivity index (χ2v) is 5.15. The van der Waals surface area contributed by atoms with E-state index in [0.29, 0.717) is 21.8 Å². The van der Waals surface area contributed by atoms with E-state index in [1.165, 1.54) is 11.6 Å². The van der Waals surface area contributed by atoms with Crippen LogP contribution in [0, 0.1) is 0 Å². The number of pyridine rings is 1. The molecule has 1 N–H and O–H groups in total. The van der Waals surface area contributed by atoms with Crippen LogP contribution in [0.3, 0.4) is 0 Å². The summed E-state index contributed by atoms with van der Waals surface area (Å²) in [5.41, 5.74) is 0.367. The van der Waals surface area contributed by atoms with Gasteiger partial charge in [0.15, 0.2) is 11.5 Å². The minimum Gasteiger partial charge on any atom is -0.331 e. The van der Waals surface area contributed by atoms with Gasteiger partial charge in [0.05, 0.1) is 0 Å². The third-order valence-electron chi connectivity index (χ3n) is 3.05. The Labute approximate surface area is 121 Å². The molecule has 8 heteroatoms. The summed E-state index contributed by atoms with van der Waals surface area (Å²) in [6, 6.07) is 5.38. The Hall–Kier alpha value is -2.22. The minimum absolute atomic E-state index is 0.284. The number of halogens is 1. The summed E-state index contributed by atoms with van der Waals surface area (Å²) in [5, 5.41) is 0. The van der Waals surface area contributed by atoms with Gasteiger partial charge in [0.1, 0.15) is 15.8 Å². The molecule has 7 nitrogen and oxygen atoms in total. The van der Waals surface area contributed by atoms with Gasteiger partial charge in [-0.15, -0.1) is 0 Å². The number of aromatic nitrogens is 5. The highest BCUT2D eigenvalue weighted by molar-refractivity contribution is 9.10. The number of fused-ring (bicyclic) bond motifs is 1. The first-order valence-electron chi connectivity index (χ1n) is 5.77. The van der Waals surface area contributed by atoms with Gasteiger partial charge >= 0.3 is 5.69 Å². The number of imidazole rings is 1. The fourth-order valence-corrected chi connectivity index (χ4v) is 2.33. The topological polar surface area (TPSA) is 85.6 Å². The molecule has 102 valence electrons. The molecule has 0 amide bonds. The normalized spacial score (nSPS) is 11.2. The number of nitrogens with zero attached hydrogens (tertiary/aromatic N) is 4. The number of aromatic amines is 1. The van der Waals surface area contributed by atoms with Gasteiger partial charge in [-0.05, 0) is 28.1 Å². The average Bonchev–Trinajstić information content (AvgIpc) is 2.88. The van der Waals surface area contributed by atoms with Crippen LogP contribution < -0.4 is 11.2 Å². The van der Waals surface area contributed by atoms with E-state index in [0.717, 1.165) is 4.57 Å². The molecule has 3 heterocycles. The highest BCUT2D eigenvalue weighted by atomic mass is 79.9. The number of hydrogen-bond acceptors (Lipinski definition) is 4. The van der Waals surface area contributed by atoms with Gasteiger partial charge in [0.2, 0.25) is 0 Å². The average molecular weight is 336 g/mol. The van der Waals surface area contributed by atoms with Crippen LogP contribution in [-0.4, -0.2) is 24.1 Å².